The number of nitrogens with zero attached hydrogens (tertiary/aromatic N) is 2. The van der Waals surface area contributed by atoms with Crippen molar-refractivity contribution in [2.75, 3.05) is 13.1 Å². The molecule has 0 aromatic carbocycles. The summed E-state index contributed by atoms with van der Waals surface area (Å²) in [7, 11) is 0. The molecule has 100 valence electrons. The highest BCUT2D eigenvalue weighted by Crippen LogP contribution is 2.25. The first-order chi connectivity index (χ1) is 9.35. The molecule has 1 saturated heterocycles. The molecule has 3 rings (SSSR count). The average molecular weight is 276 g/mol. The van der Waals surface area contributed by atoms with Gasteiger partial charge in [0.05, 0.1) is 12.0 Å². The molecule has 4 nitrogen and oxygen atoms in total. The maximum atomic E-state index is 10.9. The molecule has 0 amide bonds. The maximum Gasteiger partial charge on any atom is 0.162 e. The molecule has 0 spiro atoms. The summed E-state index contributed by atoms with van der Waals surface area (Å²) < 4.78 is 5.35. The lowest BCUT2D eigenvalue weighted by molar-refractivity contribution is -0.112. The lowest BCUT2D eigenvalue weighted by atomic mass is 10.00. The fourth-order valence-corrected chi connectivity index (χ4v) is 3.25. The minimum atomic E-state index is 0.192. The quantitative estimate of drug-likeness (QED) is 0.806. The molecular formula is C14H16N2O2S. The number of aldehydes is 1. The summed E-state index contributed by atoms with van der Waals surface area (Å²) in [5.74, 6) is 1.01. The molecule has 19 heavy (non-hydrogen) atoms. The van der Waals surface area contributed by atoms with Crippen LogP contribution < -0.4 is 0 Å². The van der Waals surface area contributed by atoms with Crippen LogP contribution in [0.1, 0.15) is 18.5 Å². The summed E-state index contributed by atoms with van der Waals surface area (Å²) >= 11 is 1.60. The number of likely N-dealkylation sites (tertiary alicyclic amines) is 1. The first kappa shape index (κ1) is 12.6. The van der Waals surface area contributed by atoms with Crippen LogP contribution >= 0.6 is 11.3 Å². The van der Waals surface area contributed by atoms with Gasteiger partial charge in [-0.05, 0) is 31.5 Å². The summed E-state index contributed by atoms with van der Waals surface area (Å²) in [6.45, 7) is 2.73. The Morgan fingerprint density at radius 2 is 2.53 bits per heavy atom. The van der Waals surface area contributed by atoms with Crippen molar-refractivity contribution in [1.29, 1.82) is 0 Å². The van der Waals surface area contributed by atoms with Crippen LogP contribution in [-0.2, 0) is 11.3 Å². The SMILES string of the molecule is O=CC1CCCN(Cc2csc(-c3ccco3)n2)C1. The standard InChI is InChI=1S/C14H16N2O2S/c17-9-11-3-1-5-16(7-11)8-12-10-19-14(15-12)13-4-2-6-18-13/h2,4,6,9-11H,1,3,5,7-8H2. The highest BCUT2D eigenvalue weighted by atomic mass is 32.1. The number of hydrogen-bond acceptors (Lipinski definition) is 5. The van der Waals surface area contributed by atoms with Crippen molar-refractivity contribution in [1.82, 2.24) is 9.88 Å². The molecule has 0 saturated carbocycles. The van der Waals surface area contributed by atoms with Crippen LogP contribution in [0.25, 0.3) is 10.8 Å². The zero-order valence-corrected chi connectivity index (χ0v) is 11.4. The van der Waals surface area contributed by atoms with E-state index in [0.29, 0.717) is 0 Å². The van der Waals surface area contributed by atoms with E-state index in [1.165, 1.54) is 0 Å². The van der Waals surface area contributed by atoms with Crippen molar-refractivity contribution >= 4 is 17.6 Å². The normalized spacial score (nSPS) is 20.5. The van der Waals surface area contributed by atoms with Crippen molar-refractivity contribution in [2.45, 2.75) is 19.4 Å². The fraction of sp³-hybridized carbons (Fsp3) is 0.429. The fourth-order valence-electron chi connectivity index (χ4n) is 2.47. The molecule has 0 N–H and O–H groups in total. The molecule has 5 heteroatoms. The van der Waals surface area contributed by atoms with Gasteiger partial charge in [-0.25, -0.2) is 4.98 Å². The number of thiazole rings is 1. The molecule has 3 heterocycles. The zero-order valence-electron chi connectivity index (χ0n) is 10.6. The Hall–Kier alpha value is -1.46. The maximum absolute atomic E-state index is 10.9. The van der Waals surface area contributed by atoms with Gasteiger partial charge in [0, 0.05) is 24.4 Å². The van der Waals surface area contributed by atoms with Gasteiger partial charge in [0.15, 0.2) is 10.8 Å². The second kappa shape index (κ2) is 5.67. The van der Waals surface area contributed by atoms with Crippen molar-refractivity contribution in [3.8, 4) is 10.8 Å². The molecule has 1 aliphatic rings. The number of carbonyl (C=O) groups excluding carboxylic acids is 1. The molecule has 0 bridgehead atoms. The highest BCUT2D eigenvalue weighted by Gasteiger charge is 2.20. The number of rotatable bonds is 4. The van der Waals surface area contributed by atoms with Crippen molar-refractivity contribution in [3.63, 3.8) is 0 Å². The van der Waals surface area contributed by atoms with Gasteiger partial charge in [0.1, 0.15) is 6.29 Å². The first-order valence-corrected chi connectivity index (χ1v) is 7.39. The van der Waals surface area contributed by atoms with Gasteiger partial charge in [-0.1, -0.05) is 0 Å². The van der Waals surface area contributed by atoms with E-state index in [2.05, 4.69) is 15.3 Å². The second-order valence-corrected chi connectivity index (χ2v) is 5.75. The molecule has 0 aliphatic carbocycles. The van der Waals surface area contributed by atoms with E-state index >= 15 is 0 Å². The summed E-state index contributed by atoms with van der Waals surface area (Å²) in [5.41, 5.74) is 1.06. The molecule has 1 unspecified atom stereocenters. The zero-order chi connectivity index (χ0) is 13.1. The highest BCUT2D eigenvalue weighted by molar-refractivity contribution is 7.13. The van der Waals surface area contributed by atoms with E-state index in [-0.39, 0.29) is 5.92 Å². The molecule has 1 fully saturated rings. The Morgan fingerprint density at radius 3 is 3.32 bits per heavy atom. The van der Waals surface area contributed by atoms with Crippen molar-refractivity contribution < 1.29 is 9.21 Å². The number of furan rings is 1. The Labute approximate surface area is 116 Å². The van der Waals surface area contributed by atoms with E-state index in [9.17, 15) is 4.79 Å². The van der Waals surface area contributed by atoms with Crippen molar-refractivity contribution in [2.24, 2.45) is 5.92 Å². The number of piperidine rings is 1. The van der Waals surface area contributed by atoms with Gasteiger partial charge in [0.25, 0.3) is 0 Å². The van der Waals surface area contributed by atoms with Crippen LogP contribution in [-0.4, -0.2) is 29.3 Å². The summed E-state index contributed by atoms with van der Waals surface area (Å²) in [6.07, 6.45) is 4.87. The van der Waals surface area contributed by atoms with Crippen LogP contribution in [0.4, 0.5) is 0 Å². The molecule has 2 aromatic rings. The molecule has 1 aliphatic heterocycles. The predicted molar refractivity (Wildman–Crippen MR) is 73.9 cm³/mol. The van der Waals surface area contributed by atoms with Crippen molar-refractivity contribution in [3.05, 3.63) is 29.5 Å². The lowest BCUT2D eigenvalue weighted by Crippen LogP contribution is -2.35. The molecule has 1 atom stereocenters. The third-order valence-electron chi connectivity index (χ3n) is 3.40. The van der Waals surface area contributed by atoms with E-state index in [1.54, 1.807) is 17.6 Å². The largest absolute Gasteiger partial charge is 0.462 e. The first-order valence-electron chi connectivity index (χ1n) is 6.51. The Kier molecular flexibility index (Phi) is 3.75. The third kappa shape index (κ3) is 2.93. The van der Waals surface area contributed by atoms with Crippen LogP contribution in [0.2, 0.25) is 0 Å². The van der Waals surface area contributed by atoms with E-state index in [1.807, 2.05) is 12.1 Å². The van der Waals surface area contributed by atoms with Gasteiger partial charge in [0.2, 0.25) is 0 Å². The summed E-state index contributed by atoms with van der Waals surface area (Å²) in [4.78, 5) is 17.8. The van der Waals surface area contributed by atoms with Crippen LogP contribution in [0, 0.1) is 5.92 Å². The molecule has 0 radical (unpaired) electrons. The van der Waals surface area contributed by atoms with Gasteiger partial charge in [-0.2, -0.15) is 0 Å². The molecular weight excluding hydrogens is 260 g/mol. The van der Waals surface area contributed by atoms with E-state index < -0.39 is 0 Å². The van der Waals surface area contributed by atoms with Gasteiger partial charge < -0.3 is 9.21 Å². The van der Waals surface area contributed by atoms with E-state index in [4.69, 9.17) is 4.42 Å². The van der Waals surface area contributed by atoms with Crippen LogP contribution in [0.3, 0.4) is 0 Å². The summed E-state index contributed by atoms with van der Waals surface area (Å²) in [6, 6.07) is 3.79. The Morgan fingerprint density at radius 1 is 1.58 bits per heavy atom. The predicted octanol–water partition coefficient (Wildman–Crippen LogP) is 2.81. The van der Waals surface area contributed by atoms with Gasteiger partial charge in [-0.3, -0.25) is 4.90 Å². The summed E-state index contributed by atoms with van der Waals surface area (Å²) in [5, 5.41) is 2.99. The Bertz CT molecular complexity index is 535. The Balaban J connectivity index is 1.65. The minimum Gasteiger partial charge on any atom is -0.462 e. The monoisotopic (exact) mass is 276 g/mol. The minimum absolute atomic E-state index is 0.192. The van der Waals surface area contributed by atoms with Crippen LogP contribution in [0.5, 0.6) is 0 Å². The van der Waals surface area contributed by atoms with Gasteiger partial charge in [-0.15, -0.1) is 11.3 Å². The number of hydrogen-bond donors (Lipinski definition) is 0. The van der Waals surface area contributed by atoms with Crippen LogP contribution in [0.15, 0.2) is 28.2 Å². The number of aromatic nitrogens is 1. The van der Waals surface area contributed by atoms with E-state index in [0.717, 1.165) is 55.2 Å². The third-order valence-corrected chi connectivity index (χ3v) is 4.31. The average Bonchev–Trinajstić information content (AvgIpc) is 3.09. The smallest absolute Gasteiger partial charge is 0.162 e. The number of carbonyl (C=O) groups is 1. The lowest BCUT2D eigenvalue weighted by Gasteiger charge is -2.29. The topological polar surface area (TPSA) is 46.3 Å². The molecule has 2 aromatic heterocycles. The second-order valence-electron chi connectivity index (χ2n) is 4.89. The van der Waals surface area contributed by atoms with Gasteiger partial charge >= 0.3 is 0 Å².